The Labute approximate surface area is 216 Å². The summed E-state index contributed by atoms with van der Waals surface area (Å²) in [5.74, 6) is 0.403. The molecule has 0 saturated heterocycles. The fourth-order valence-electron chi connectivity index (χ4n) is 4.57. The number of rotatable bonds is 9. The van der Waals surface area contributed by atoms with Crippen LogP contribution >= 0.6 is 0 Å². The van der Waals surface area contributed by atoms with Crippen molar-refractivity contribution in [3.63, 3.8) is 0 Å². The van der Waals surface area contributed by atoms with Crippen LogP contribution in [0, 0.1) is 0 Å². The Hall–Kier alpha value is -4.35. The van der Waals surface area contributed by atoms with Crippen LogP contribution in [-0.4, -0.2) is 12.6 Å². The number of ether oxygens (including phenoxy) is 2. The Kier molecular flexibility index (Phi) is 7.33. The number of hydrogen-bond acceptors (Lipinski definition) is 5. The molecule has 0 unspecified atom stereocenters. The summed E-state index contributed by atoms with van der Waals surface area (Å²) in [6.07, 6.45) is 1.84. The summed E-state index contributed by atoms with van der Waals surface area (Å²) in [5, 5.41) is 0.998. The minimum atomic E-state index is -0.278. The molecular weight excluding hydrogens is 462 g/mol. The molecule has 0 fully saturated rings. The van der Waals surface area contributed by atoms with Gasteiger partial charge in [0.05, 0.1) is 19.3 Å². The second-order valence-corrected chi connectivity index (χ2v) is 8.82. The summed E-state index contributed by atoms with van der Waals surface area (Å²) in [6.45, 7) is 2.94. The lowest BCUT2D eigenvalue weighted by molar-refractivity contribution is -0.142. The Morgan fingerprint density at radius 1 is 0.838 bits per heavy atom. The van der Waals surface area contributed by atoms with Gasteiger partial charge in [-0.1, -0.05) is 66.7 Å². The summed E-state index contributed by atoms with van der Waals surface area (Å²) < 4.78 is 17.5. The topological polar surface area (TPSA) is 74.7 Å². The van der Waals surface area contributed by atoms with Crippen molar-refractivity contribution in [1.29, 1.82) is 0 Å². The smallest absolute Gasteiger partial charge is 0.310 e. The molecule has 5 aromatic rings. The van der Waals surface area contributed by atoms with E-state index < -0.39 is 0 Å². The van der Waals surface area contributed by atoms with Gasteiger partial charge in [0.15, 0.2) is 0 Å². The van der Waals surface area contributed by atoms with Crippen molar-refractivity contribution in [1.82, 2.24) is 0 Å². The van der Waals surface area contributed by atoms with E-state index in [-0.39, 0.29) is 12.4 Å². The van der Waals surface area contributed by atoms with E-state index in [9.17, 15) is 4.79 Å². The Balaban J connectivity index is 1.52. The molecule has 5 nitrogen and oxygen atoms in total. The lowest BCUT2D eigenvalue weighted by Crippen LogP contribution is -2.09. The second-order valence-electron chi connectivity index (χ2n) is 8.82. The fourth-order valence-corrected chi connectivity index (χ4v) is 4.57. The molecule has 37 heavy (non-hydrogen) atoms. The van der Waals surface area contributed by atoms with E-state index in [0.29, 0.717) is 25.5 Å². The number of carbonyl (C=O) groups excluding carboxylic acids is 1. The van der Waals surface area contributed by atoms with Gasteiger partial charge in [0.2, 0.25) is 0 Å². The highest BCUT2D eigenvalue weighted by atomic mass is 16.5. The van der Waals surface area contributed by atoms with Crippen LogP contribution in [0.25, 0.3) is 33.2 Å². The maximum absolute atomic E-state index is 12.4. The van der Waals surface area contributed by atoms with Crippen molar-refractivity contribution in [2.45, 2.75) is 26.5 Å². The Morgan fingerprint density at radius 2 is 1.65 bits per heavy atom. The van der Waals surface area contributed by atoms with Crippen LogP contribution in [0.3, 0.4) is 0 Å². The molecule has 0 saturated carbocycles. The standard InChI is InChI=1S/C32H29NO4/c1-2-35-30(34)19-26-12-7-13-28(24-9-4-3-5-10-24)31(26)37-21-23-17-27-14-15-36-32(27)29(18-23)25-11-6-8-22(16-25)20-33/h3-18H,2,19-21,33H2,1H3. The molecule has 0 amide bonds. The summed E-state index contributed by atoms with van der Waals surface area (Å²) in [6, 6.07) is 30.2. The molecule has 5 heteroatoms. The molecule has 1 heterocycles. The van der Waals surface area contributed by atoms with E-state index in [4.69, 9.17) is 19.6 Å². The Morgan fingerprint density at radius 3 is 2.46 bits per heavy atom. The normalized spacial score (nSPS) is 11.0. The van der Waals surface area contributed by atoms with Crippen molar-refractivity contribution < 1.29 is 18.7 Å². The van der Waals surface area contributed by atoms with Gasteiger partial charge < -0.3 is 19.6 Å². The molecule has 0 aliphatic carbocycles. The van der Waals surface area contributed by atoms with Gasteiger partial charge in [0, 0.05) is 28.6 Å². The monoisotopic (exact) mass is 491 g/mol. The van der Waals surface area contributed by atoms with Crippen molar-refractivity contribution in [2.24, 2.45) is 5.73 Å². The highest BCUT2D eigenvalue weighted by Gasteiger charge is 2.17. The lowest BCUT2D eigenvalue weighted by atomic mass is 9.98. The van der Waals surface area contributed by atoms with Gasteiger partial charge in [-0.3, -0.25) is 4.79 Å². The highest BCUT2D eigenvalue weighted by molar-refractivity contribution is 5.93. The van der Waals surface area contributed by atoms with Crippen molar-refractivity contribution in [2.75, 3.05) is 6.61 Å². The zero-order valence-corrected chi connectivity index (χ0v) is 20.8. The zero-order chi connectivity index (χ0) is 25.6. The van der Waals surface area contributed by atoms with E-state index in [1.165, 1.54) is 0 Å². The maximum atomic E-state index is 12.4. The van der Waals surface area contributed by atoms with Gasteiger partial charge in [0.1, 0.15) is 17.9 Å². The summed E-state index contributed by atoms with van der Waals surface area (Å²) in [4.78, 5) is 12.4. The average molecular weight is 492 g/mol. The van der Waals surface area contributed by atoms with E-state index in [2.05, 4.69) is 24.3 Å². The average Bonchev–Trinajstić information content (AvgIpc) is 3.41. The first-order valence-electron chi connectivity index (χ1n) is 12.4. The number of fused-ring (bicyclic) bond motifs is 1. The second kappa shape index (κ2) is 11.1. The molecule has 186 valence electrons. The number of hydrogen-bond donors (Lipinski definition) is 1. The first-order valence-corrected chi connectivity index (χ1v) is 12.4. The van der Waals surface area contributed by atoms with Crippen LogP contribution in [0.2, 0.25) is 0 Å². The first-order chi connectivity index (χ1) is 18.2. The van der Waals surface area contributed by atoms with Gasteiger partial charge in [-0.25, -0.2) is 0 Å². The first kappa shape index (κ1) is 24.3. The SMILES string of the molecule is CCOC(=O)Cc1cccc(-c2ccccc2)c1OCc1cc(-c2cccc(CN)c2)c2occc2c1. The summed E-state index contributed by atoms with van der Waals surface area (Å²) in [7, 11) is 0. The van der Waals surface area contributed by atoms with Crippen LogP contribution in [0.15, 0.2) is 102 Å². The summed E-state index contributed by atoms with van der Waals surface area (Å²) >= 11 is 0. The highest BCUT2D eigenvalue weighted by Crippen LogP contribution is 2.36. The van der Waals surface area contributed by atoms with Crippen LogP contribution in [0.1, 0.15) is 23.6 Å². The predicted molar refractivity (Wildman–Crippen MR) is 146 cm³/mol. The van der Waals surface area contributed by atoms with Crippen molar-refractivity contribution in [3.8, 4) is 28.0 Å². The number of carbonyl (C=O) groups is 1. The molecule has 0 aliphatic heterocycles. The minimum Gasteiger partial charge on any atom is -0.488 e. The van der Waals surface area contributed by atoms with E-state index >= 15 is 0 Å². The largest absolute Gasteiger partial charge is 0.488 e. The van der Waals surface area contributed by atoms with E-state index in [0.717, 1.165) is 49.9 Å². The molecular formula is C32H29NO4. The molecule has 5 rings (SSSR count). The number of esters is 1. The van der Waals surface area contributed by atoms with E-state index in [1.807, 2.05) is 73.7 Å². The van der Waals surface area contributed by atoms with Crippen molar-refractivity contribution in [3.05, 3.63) is 114 Å². The predicted octanol–water partition coefficient (Wildman–Crippen LogP) is 6.91. The van der Waals surface area contributed by atoms with Gasteiger partial charge >= 0.3 is 5.97 Å². The van der Waals surface area contributed by atoms with Crippen molar-refractivity contribution >= 4 is 16.9 Å². The molecule has 4 aromatic carbocycles. The van der Waals surface area contributed by atoms with E-state index in [1.54, 1.807) is 6.26 Å². The molecule has 0 bridgehead atoms. The lowest BCUT2D eigenvalue weighted by Gasteiger charge is -2.17. The van der Waals surface area contributed by atoms with Crippen LogP contribution in [-0.2, 0) is 29.1 Å². The Bertz CT molecular complexity index is 1520. The number of para-hydroxylation sites is 1. The quantitative estimate of drug-likeness (QED) is 0.227. The van der Waals surface area contributed by atoms with Gasteiger partial charge in [0.25, 0.3) is 0 Å². The molecule has 1 aromatic heterocycles. The molecule has 0 aliphatic rings. The maximum Gasteiger partial charge on any atom is 0.310 e. The zero-order valence-electron chi connectivity index (χ0n) is 20.8. The summed E-state index contributed by atoms with van der Waals surface area (Å²) in [5.41, 5.74) is 13.5. The number of furan rings is 1. The third-order valence-corrected chi connectivity index (χ3v) is 6.29. The molecule has 0 atom stereocenters. The minimum absolute atomic E-state index is 0.141. The molecule has 0 radical (unpaired) electrons. The third kappa shape index (κ3) is 5.42. The fraction of sp³-hybridized carbons (Fsp3) is 0.156. The van der Waals surface area contributed by atoms with Crippen LogP contribution in [0.4, 0.5) is 0 Å². The van der Waals surface area contributed by atoms with Crippen LogP contribution in [0.5, 0.6) is 5.75 Å². The molecule has 2 N–H and O–H groups in total. The van der Waals surface area contributed by atoms with Gasteiger partial charge in [-0.15, -0.1) is 0 Å². The third-order valence-electron chi connectivity index (χ3n) is 6.29. The van der Waals surface area contributed by atoms with Gasteiger partial charge in [-0.05, 0) is 53.4 Å². The molecule has 0 spiro atoms. The van der Waals surface area contributed by atoms with Crippen LogP contribution < -0.4 is 10.5 Å². The number of nitrogens with two attached hydrogens (primary N) is 1. The van der Waals surface area contributed by atoms with Gasteiger partial charge in [-0.2, -0.15) is 0 Å². The number of benzene rings is 4.